The molecule has 0 radical (unpaired) electrons. The molecule has 0 aromatic carbocycles. The maximum absolute atomic E-state index is 12.1. The van der Waals surface area contributed by atoms with Crippen molar-refractivity contribution >= 4 is 6.16 Å². The molecule has 4 unspecified atom stereocenters. The van der Waals surface area contributed by atoms with Gasteiger partial charge in [0, 0.05) is 13.2 Å². The first-order valence-corrected chi connectivity index (χ1v) is 10.2. The highest BCUT2D eigenvalue weighted by Crippen LogP contribution is 2.46. The van der Waals surface area contributed by atoms with Crippen LogP contribution in [0, 0.1) is 34.5 Å². The van der Waals surface area contributed by atoms with Gasteiger partial charge in [0.15, 0.2) is 0 Å². The van der Waals surface area contributed by atoms with Crippen LogP contribution in [0.4, 0.5) is 4.79 Å². The molecule has 0 aromatic rings. The fraction of sp³-hybridized carbons (Fsp3) is 0.952. The molecule has 2 aliphatic rings. The van der Waals surface area contributed by atoms with Crippen LogP contribution in [0.15, 0.2) is 0 Å². The van der Waals surface area contributed by atoms with Gasteiger partial charge in [-0.3, -0.25) is 0 Å². The predicted molar refractivity (Wildman–Crippen MR) is 101 cm³/mol. The van der Waals surface area contributed by atoms with Gasteiger partial charge in [-0.1, -0.05) is 40.5 Å². The molecule has 2 N–H and O–H groups in total. The summed E-state index contributed by atoms with van der Waals surface area (Å²) in [7, 11) is 0. The van der Waals surface area contributed by atoms with Crippen molar-refractivity contribution in [2.75, 3.05) is 26.4 Å². The minimum Gasteiger partial charge on any atom is -0.434 e. The van der Waals surface area contributed by atoms with Crippen LogP contribution in [-0.4, -0.2) is 42.8 Å². The standard InChI is InChI=1S/C21H38O5/c1-20(2)15(11-22)7-5-9-17(20)13-25-19(24)26-14-18-10-6-8-16(12-23)21(18,3)4/h15-18,22-23H,5-14H2,1-4H3. The number of hydrogen-bond acceptors (Lipinski definition) is 5. The predicted octanol–water partition coefficient (Wildman–Crippen LogP) is 4.01. The van der Waals surface area contributed by atoms with Crippen LogP contribution in [0.1, 0.15) is 66.2 Å². The molecule has 0 saturated heterocycles. The maximum Gasteiger partial charge on any atom is 0.508 e. The SMILES string of the molecule is CC1(C)C(CO)CCCC1COC(=O)OCC1CCCC(CO)C1(C)C. The second kappa shape index (κ2) is 8.92. The first-order chi connectivity index (χ1) is 12.2. The van der Waals surface area contributed by atoms with Crippen molar-refractivity contribution in [3.8, 4) is 0 Å². The van der Waals surface area contributed by atoms with Crippen molar-refractivity contribution in [3.05, 3.63) is 0 Å². The van der Waals surface area contributed by atoms with E-state index in [1.165, 1.54) is 0 Å². The Kier molecular flexibility index (Phi) is 7.37. The quantitative estimate of drug-likeness (QED) is 0.691. The van der Waals surface area contributed by atoms with Crippen molar-refractivity contribution in [3.63, 3.8) is 0 Å². The summed E-state index contributed by atoms with van der Waals surface area (Å²) in [5, 5.41) is 19.2. The zero-order chi connectivity index (χ0) is 19.4. The molecule has 4 atom stereocenters. The lowest BCUT2D eigenvalue weighted by molar-refractivity contribution is -0.0451. The minimum atomic E-state index is -0.589. The topological polar surface area (TPSA) is 76.0 Å². The van der Waals surface area contributed by atoms with Gasteiger partial charge in [0.2, 0.25) is 0 Å². The Labute approximate surface area is 158 Å². The number of rotatable bonds is 6. The summed E-state index contributed by atoms with van der Waals surface area (Å²) < 4.78 is 10.9. The fourth-order valence-corrected chi connectivity index (χ4v) is 5.00. The highest BCUT2D eigenvalue weighted by molar-refractivity contribution is 5.59. The molecule has 5 nitrogen and oxygen atoms in total. The van der Waals surface area contributed by atoms with E-state index in [1.54, 1.807) is 0 Å². The van der Waals surface area contributed by atoms with E-state index in [0.29, 0.717) is 13.2 Å². The molecule has 0 bridgehead atoms. The summed E-state index contributed by atoms with van der Waals surface area (Å²) >= 11 is 0. The molecular weight excluding hydrogens is 332 g/mol. The van der Waals surface area contributed by atoms with E-state index >= 15 is 0 Å². The van der Waals surface area contributed by atoms with Gasteiger partial charge in [0.25, 0.3) is 0 Å². The maximum atomic E-state index is 12.1. The van der Waals surface area contributed by atoms with E-state index in [9.17, 15) is 15.0 Å². The number of carbonyl (C=O) groups is 1. The Morgan fingerprint density at radius 2 is 1.12 bits per heavy atom. The molecule has 2 rings (SSSR count). The van der Waals surface area contributed by atoms with Crippen molar-refractivity contribution < 1.29 is 24.5 Å². The van der Waals surface area contributed by atoms with E-state index in [2.05, 4.69) is 27.7 Å². The molecule has 5 heteroatoms. The van der Waals surface area contributed by atoms with Crippen molar-refractivity contribution in [1.82, 2.24) is 0 Å². The molecule has 2 fully saturated rings. The number of carbonyl (C=O) groups excluding carboxylic acids is 1. The van der Waals surface area contributed by atoms with Gasteiger partial charge in [-0.05, 0) is 60.2 Å². The Balaban J connectivity index is 1.80. The van der Waals surface area contributed by atoms with Gasteiger partial charge in [-0.15, -0.1) is 0 Å². The largest absolute Gasteiger partial charge is 0.508 e. The van der Waals surface area contributed by atoms with Crippen LogP contribution in [0.3, 0.4) is 0 Å². The molecule has 2 aliphatic carbocycles. The van der Waals surface area contributed by atoms with Crippen LogP contribution in [0.5, 0.6) is 0 Å². The average molecular weight is 371 g/mol. The number of aliphatic hydroxyl groups is 2. The molecule has 2 saturated carbocycles. The third-order valence-electron chi connectivity index (χ3n) is 7.66. The van der Waals surface area contributed by atoms with Gasteiger partial charge < -0.3 is 19.7 Å². The van der Waals surface area contributed by atoms with Crippen LogP contribution >= 0.6 is 0 Å². The third kappa shape index (κ3) is 4.72. The summed E-state index contributed by atoms with van der Waals surface area (Å²) in [6.45, 7) is 9.73. The van der Waals surface area contributed by atoms with Crippen LogP contribution in [0.25, 0.3) is 0 Å². The van der Waals surface area contributed by atoms with E-state index in [0.717, 1.165) is 38.5 Å². The van der Waals surface area contributed by atoms with Crippen LogP contribution in [-0.2, 0) is 9.47 Å². The van der Waals surface area contributed by atoms with Crippen molar-refractivity contribution in [1.29, 1.82) is 0 Å². The highest BCUT2D eigenvalue weighted by Gasteiger charge is 2.42. The summed E-state index contributed by atoms with van der Waals surface area (Å²) in [6.07, 6.45) is 5.65. The van der Waals surface area contributed by atoms with Gasteiger partial charge in [0.1, 0.15) is 0 Å². The Morgan fingerprint density at radius 1 is 0.769 bits per heavy atom. The molecule has 0 aliphatic heterocycles. The Hall–Kier alpha value is -0.810. The molecule has 26 heavy (non-hydrogen) atoms. The lowest BCUT2D eigenvalue weighted by atomic mass is 9.63. The minimum absolute atomic E-state index is 0.0347. The monoisotopic (exact) mass is 370 g/mol. The zero-order valence-corrected chi connectivity index (χ0v) is 17.0. The lowest BCUT2D eigenvalue weighted by Crippen LogP contribution is -2.41. The molecular formula is C21H38O5. The molecule has 0 heterocycles. The number of aliphatic hydroxyl groups excluding tert-OH is 2. The summed E-state index contributed by atoms with van der Waals surface area (Å²) in [4.78, 5) is 12.1. The first-order valence-electron chi connectivity index (χ1n) is 10.2. The molecule has 152 valence electrons. The fourth-order valence-electron chi connectivity index (χ4n) is 5.00. The second-order valence-corrected chi connectivity index (χ2v) is 9.53. The van der Waals surface area contributed by atoms with E-state index in [4.69, 9.17) is 9.47 Å². The van der Waals surface area contributed by atoms with Gasteiger partial charge in [0.05, 0.1) is 13.2 Å². The summed E-state index contributed by atoms with van der Waals surface area (Å²) in [6, 6.07) is 0. The second-order valence-electron chi connectivity index (χ2n) is 9.53. The van der Waals surface area contributed by atoms with Gasteiger partial charge >= 0.3 is 6.16 Å². The van der Waals surface area contributed by atoms with Crippen LogP contribution < -0.4 is 0 Å². The molecule has 0 aromatic heterocycles. The van der Waals surface area contributed by atoms with Crippen molar-refractivity contribution in [2.45, 2.75) is 66.2 Å². The smallest absolute Gasteiger partial charge is 0.434 e. The first kappa shape index (κ1) is 21.5. The Morgan fingerprint density at radius 3 is 1.46 bits per heavy atom. The van der Waals surface area contributed by atoms with E-state index in [1.807, 2.05) is 0 Å². The lowest BCUT2D eigenvalue weighted by Gasteiger charge is -2.44. The van der Waals surface area contributed by atoms with E-state index in [-0.39, 0.29) is 47.7 Å². The highest BCUT2D eigenvalue weighted by atomic mass is 16.7. The van der Waals surface area contributed by atoms with E-state index < -0.39 is 6.16 Å². The van der Waals surface area contributed by atoms with Crippen molar-refractivity contribution in [2.24, 2.45) is 34.5 Å². The molecule has 0 amide bonds. The number of ether oxygens (including phenoxy) is 2. The zero-order valence-electron chi connectivity index (χ0n) is 17.0. The third-order valence-corrected chi connectivity index (χ3v) is 7.66. The molecule has 0 spiro atoms. The summed E-state index contributed by atoms with van der Waals surface area (Å²) in [5.41, 5.74) is -0.0695. The Bertz CT molecular complexity index is 419. The van der Waals surface area contributed by atoms with Gasteiger partial charge in [-0.25, -0.2) is 4.79 Å². The van der Waals surface area contributed by atoms with Gasteiger partial charge in [-0.2, -0.15) is 0 Å². The normalized spacial score (nSPS) is 33.5. The average Bonchev–Trinajstić information content (AvgIpc) is 2.58. The van der Waals surface area contributed by atoms with Crippen LogP contribution in [0.2, 0.25) is 0 Å². The number of hydrogen-bond donors (Lipinski definition) is 2. The summed E-state index contributed by atoms with van der Waals surface area (Å²) in [5.74, 6) is 1.04.